The molecule has 1 rings (SSSR count). The number of hydrogen-bond donors (Lipinski definition) is 2. The largest absolute Gasteiger partial charge is 0.475 e. The first-order chi connectivity index (χ1) is 8.08. The van der Waals surface area contributed by atoms with Crippen LogP contribution in [0.15, 0.2) is 16.5 Å². The molecule has 1 heterocycles. The highest BCUT2D eigenvalue weighted by atomic mass is 16.5. The van der Waals surface area contributed by atoms with Crippen LogP contribution in [0.5, 0.6) is 0 Å². The minimum Gasteiger partial charge on any atom is -0.475 e. The lowest BCUT2D eigenvalue weighted by molar-refractivity contribution is 0.0658. The number of ether oxygens (including phenoxy) is 1. The molecule has 6 nitrogen and oxygen atoms in total. The van der Waals surface area contributed by atoms with Crippen LogP contribution in [0.4, 0.5) is 0 Å². The summed E-state index contributed by atoms with van der Waals surface area (Å²) in [4.78, 5) is 22.2. The number of amides is 1. The van der Waals surface area contributed by atoms with Gasteiger partial charge in [0.05, 0.1) is 12.6 Å². The van der Waals surface area contributed by atoms with Crippen LogP contribution in [0, 0.1) is 0 Å². The summed E-state index contributed by atoms with van der Waals surface area (Å²) in [5.74, 6) is -1.92. The molecule has 1 aromatic heterocycles. The van der Waals surface area contributed by atoms with Crippen LogP contribution in [0.3, 0.4) is 0 Å². The number of methoxy groups -OCH3 is 1. The third-order valence-corrected chi connectivity index (χ3v) is 2.24. The van der Waals surface area contributed by atoms with Crippen LogP contribution < -0.4 is 5.32 Å². The predicted octanol–water partition coefficient (Wildman–Crippen LogP) is 1.13. The summed E-state index contributed by atoms with van der Waals surface area (Å²) in [5, 5.41) is 11.3. The maximum absolute atomic E-state index is 11.7. The quantitative estimate of drug-likeness (QED) is 0.779. The zero-order chi connectivity index (χ0) is 12.8. The Morgan fingerprint density at radius 2 is 2.12 bits per heavy atom. The average molecular weight is 241 g/mol. The zero-order valence-corrected chi connectivity index (χ0v) is 9.73. The van der Waals surface area contributed by atoms with Gasteiger partial charge in [0, 0.05) is 7.11 Å². The summed E-state index contributed by atoms with van der Waals surface area (Å²) in [6.07, 6.45) is 0.714. The number of carbonyl (C=O) groups is 2. The van der Waals surface area contributed by atoms with E-state index in [4.69, 9.17) is 14.3 Å². The van der Waals surface area contributed by atoms with E-state index in [1.54, 1.807) is 7.11 Å². The Morgan fingerprint density at radius 3 is 2.59 bits per heavy atom. The fraction of sp³-hybridized carbons (Fsp3) is 0.455. The molecular weight excluding hydrogens is 226 g/mol. The number of rotatable bonds is 6. The van der Waals surface area contributed by atoms with Crippen LogP contribution >= 0.6 is 0 Å². The topological polar surface area (TPSA) is 88.8 Å². The second-order valence-corrected chi connectivity index (χ2v) is 3.50. The lowest BCUT2D eigenvalue weighted by atomic mass is 10.2. The fourth-order valence-electron chi connectivity index (χ4n) is 1.29. The van der Waals surface area contributed by atoms with Crippen molar-refractivity contribution < 1.29 is 23.8 Å². The minimum atomic E-state index is -1.20. The van der Waals surface area contributed by atoms with E-state index in [2.05, 4.69) is 5.32 Å². The third kappa shape index (κ3) is 3.60. The van der Waals surface area contributed by atoms with Gasteiger partial charge in [0.25, 0.3) is 5.91 Å². The van der Waals surface area contributed by atoms with Gasteiger partial charge in [0.15, 0.2) is 5.76 Å². The first kappa shape index (κ1) is 13.2. The van der Waals surface area contributed by atoms with E-state index < -0.39 is 11.9 Å². The molecule has 0 bridgehead atoms. The number of furan rings is 1. The molecule has 0 spiro atoms. The minimum absolute atomic E-state index is 0.0167. The average Bonchev–Trinajstić information content (AvgIpc) is 2.77. The molecule has 0 aromatic carbocycles. The zero-order valence-electron chi connectivity index (χ0n) is 9.73. The molecule has 1 aromatic rings. The van der Waals surface area contributed by atoms with Gasteiger partial charge in [-0.1, -0.05) is 6.92 Å². The van der Waals surface area contributed by atoms with Gasteiger partial charge >= 0.3 is 5.97 Å². The molecule has 0 aliphatic carbocycles. The molecule has 6 heteroatoms. The van der Waals surface area contributed by atoms with Crippen molar-refractivity contribution in [1.82, 2.24) is 5.32 Å². The predicted molar refractivity (Wildman–Crippen MR) is 59.1 cm³/mol. The first-order valence-electron chi connectivity index (χ1n) is 5.21. The Hall–Kier alpha value is -1.82. The van der Waals surface area contributed by atoms with Crippen molar-refractivity contribution in [2.75, 3.05) is 13.7 Å². The fourth-order valence-corrected chi connectivity index (χ4v) is 1.29. The number of carboxylic acids is 1. The lowest BCUT2D eigenvalue weighted by Crippen LogP contribution is -2.37. The molecule has 17 heavy (non-hydrogen) atoms. The Kier molecular flexibility index (Phi) is 4.71. The molecule has 1 unspecified atom stereocenters. The molecule has 94 valence electrons. The second-order valence-electron chi connectivity index (χ2n) is 3.50. The van der Waals surface area contributed by atoms with E-state index >= 15 is 0 Å². The summed E-state index contributed by atoms with van der Waals surface area (Å²) in [6, 6.07) is 2.46. The van der Waals surface area contributed by atoms with Gasteiger partial charge < -0.3 is 19.6 Å². The molecule has 0 aliphatic heterocycles. The Balaban J connectivity index is 2.65. The van der Waals surface area contributed by atoms with Crippen molar-refractivity contribution in [2.24, 2.45) is 0 Å². The van der Waals surface area contributed by atoms with Gasteiger partial charge in [-0.05, 0) is 18.6 Å². The number of carbonyl (C=O) groups excluding carboxylic acids is 1. The van der Waals surface area contributed by atoms with Gasteiger partial charge in [-0.2, -0.15) is 0 Å². The molecule has 0 saturated carbocycles. The summed E-state index contributed by atoms with van der Waals surface area (Å²) in [6.45, 7) is 2.31. The maximum atomic E-state index is 11.7. The van der Waals surface area contributed by atoms with E-state index in [1.807, 2.05) is 6.92 Å². The van der Waals surface area contributed by atoms with Crippen LogP contribution in [0.25, 0.3) is 0 Å². The molecule has 0 aliphatic rings. The second kappa shape index (κ2) is 6.05. The Labute approximate surface area is 98.6 Å². The molecule has 0 radical (unpaired) electrons. The van der Waals surface area contributed by atoms with Crippen LogP contribution in [-0.2, 0) is 4.74 Å². The number of nitrogens with one attached hydrogen (secondary N) is 1. The molecule has 0 saturated heterocycles. The van der Waals surface area contributed by atoms with Gasteiger partial charge in [0.1, 0.15) is 0 Å². The smallest absolute Gasteiger partial charge is 0.371 e. The van der Waals surface area contributed by atoms with Crippen molar-refractivity contribution in [1.29, 1.82) is 0 Å². The summed E-state index contributed by atoms with van der Waals surface area (Å²) >= 11 is 0. The van der Waals surface area contributed by atoms with Gasteiger partial charge in [-0.15, -0.1) is 0 Å². The van der Waals surface area contributed by atoms with Crippen molar-refractivity contribution in [3.63, 3.8) is 0 Å². The normalized spacial score (nSPS) is 12.1. The van der Waals surface area contributed by atoms with Gasteiger partial charge in [0.2, 0.25) is 5.76 Å². The highest BCUT2D eigenvalue weighted by Gasteiger charge is 2.17. The standard InChI is InChI=1S/C11H15NO5/c1-3-7(6-16-2)12-10(13)8-4-5-9(17-8)11(14)15/h4-5,7H,3,6H2,1-2H3,(H,12,13)(H,14,15). The molecule has 1 atom stereocenters. The number of hydrogen-bond acceptors (Lipinski definition) is 4. The van der Waals surface area contributed by atoms with E-state index in [0.29, 0.717) is 13.0 Å². The number of carboxylic acid groups (broad SMARTS) is 1. The number of aromatic carboxylic acids is 1. The monoisotopic (exact) mass is 241 g/mol. The van der Waals surface area contributed by atoms with E-state index in [9.17, 15) is 9.59 Å². The molecular formula is C11H15NO5. The van der Waals surface area contributed by atoms with Gasteiger partial charge in [-0.3, -0.25) is 4.79 Å². The molecule has 1 amide bonds. The highest BCUT2D eigenvalue weighted by molar-refractivity contribution is 5.93. The SMILES string of the molecule is CCC(COC)NC(=O)c1ccc(C(=O)O)o1. The third-order valence-electron chi connectivity index (χ3n) is 2.24. The molecule has 2 N–H and O–H groups in total. The van der Waals surface area contributed by atoms with E-state index in [-0.39, 0.29) is 17.6 Å². The van der Waals surface area contributed by atoms with Crippen LogP contribution in [-0.4, -0.2) is 36.7 Å². The highest BCUT2D eigenvalue weighted by Crippen LogP contribution is 2.08. The van der Waals surface area contributed by atoms with Gasteiger partial charge in [-0.25, -0.2) is 4.79 Å². The van der Waals surface area contributed by atoms with Crippen molar-refractivity contribution in [2.45, 2.75) is 19.4 Å². The van der Waals surface area contributed by atoms with Crippen molar-refractivity contribution in [3.8, 4) is 0 Å². The van der Waals surface area contributed by atoms with E-state index in [1.165, 1.54) is 12.1 Å². The van der Waals surface area contributed by atoms with Crippen molar-refractivity contribution >= 4 is 11.9 Å². The van der Waals surface area contributed by atoms with Crippen molar-refractivity contribution in [3.05, 3.63) is 23.7 Å². The summed E-state index contributed by atoms with van der Waals surface area (Å²) in [5.41, 5.74) is 0. The van der Waals surface area contributed by atoms with E-state index in [0.717, 1.165) is 0 Å². The van der Waals surface area contributed by atoms with Crippen LogP contribution in [0.1, 0.15) is 34.5 Å². The van der Waals surface area contributed by atoms with Crippen LogP contribution in [0.2, 0.25) is 0 Å². The summed E-state index contributed by atoms with van der Waals surface area (Å²) < 4.78 is 9.81. The maximum Gasteiger partial charge on any atom is 0.371 e. The first-order valence-corrected chi connectivity index (χ1v) is 5.21. The summed E-state index contributed by atoms with van der Waals surface area (Å²) in [7, 11) is 1.55. The molecule has 0 fully saturated rings. The lowest BCUT2D eigenvalue weighted by Gasteiger charge is -2.14. The Bertz CT molecular complexity index is 398. The Morgan fingerprint density at radius 1 is 1.47 bits per heavy atom.